The number of rotatable bonds is 8. The molecule has 0 N–H and O–H groups in total. The van der Waals surface area contributed by atoms with Gasteiger partial charge in [0, 0.05) is 12.1 Å². The molecule has 2 aromatic carbocycles. The second kappa shape index (κ2) is 10.1. The number of aromatic nitrogens is 1. The Kier molecular flexibility index (Phi) is 7.25. The van der Waals surface area contributed by atoms with Gasteiger partial charge in [-0.15, -0.1) is 6.58 Å². The zero-order valence-electron chi connectivity index (χ0n) is 17.7. The summed E-state index contributed by atoms with van der Waals surface area (Å²) in [7, 11) is 1.34. The number of amides is 1. The minimum Gasteiger partial charge on any atom is -0.490 e. The third-order valence-electron chi connectivity index (χ3n) is 4.40. The fourth-order valence-corrected chi connectivity index (χ4v) is 4.12. The molecule has 1 aromatic heterocycles. The van der Waals surface area contributed by atoms with Crippen LogP contribution < -0.4 is 14.3 Å². The Morgan fingerprint density at radius 2 is 1.77 bits per heavy atom. The number of benzene rings is 2. The maximum absolute atomic E-state index is 12.9. The molecule has 0 saturated heterocycles. The molecule has 0 bridgehead atoms. The summed E-state index contributed by atoms with van der Waals surface area (Å²) in [5.74, 6) is 0.266. The van der Waals surface area contributed by atoms with Crippen molar-refractivity contribution in [3.63, 3.8) is 0 Å². The Balaban J connectivity index is 2.07. The van der Waals surface area contributed by atoms with Crippen molar-refractivity contribution in [2.24, 2.45) is 4.99 Å². The molecule has 1 heterocycles. The second-order valence-electron chi connectivity index (χ2n) is 6.40. The average Bonchev–Trinajstić information content (AvgIpc) is 3.11. The van der Waals surface area contributed by atoms with Crippen molar-refractivity contribution in [2.45, 2.75) is 20.4 Å². The van der Waals surface area contributed by atoms with Crippen molar-refractivity contribution >= 4 is 33.4 Å². The highest BCUT2D eigenvalue weighted by molar-refractivity contribution is 7.16. The Hall–Kier alpha value is -3.39. The molecule has 0 saturated carbocycles. The quantitative estimate of drug-likeness (QED) is 0.387. The predicted molar refractivity (Wildman–Crippen MR) is 120 cm³/mol. The number of thiazole rings is 1. The first-order chi connectivity index (χ1) is 15.0. The minimum absolute atomic E-state index is 0.393. The maximum Gasteiger partial charge on any atom is 0.337 e. The van der Waals surface area contributed by atoms with Crippen molar-refractivity contribution < 1.29 is 23.8 Å². The number of hydrogen-bond donors (Lipinski definition) is 0. The van der Waals surface area contributed by atoms with E-state index in [1.54, 1.807) is 36.4 Å². The summed E-state index contributed by atoms with van der Waals surface area (Å²) >= 11 is 1.32. The predicted octanol–water partition coefficient (Wildman–Crippen LogP) is 4.21. The van der Waals surface area contributed by atoms with Gasteiger partial charge in [-0.1, -0.05) is 17.4 Å². The molecule has 0 spiro atoms. The van der Waals surface area contributed by atoms with E-state index in [0.29, 0.717) is 47.2 Å². The number of fused-ring (bicyclic) bond motifs is 1. The summed E-state index contributed by atoms with van der Waals surface area (Å²) in [6.07, 6.45) is 1.73. The molecule has 31 heavy (non-hydrogen) atoms. The molecular formula is C23H24N2O5S. The lowest BCUT2D eigenvalue weighted by atomic mass is 10.2. The number of methoxy groups -OCH3 is 1. The van der Waals surface area contributed by atoms with E-state index in [2.05, 4.69) is 11.6 Å². The van der Waals surface area contributed by atoms with Crippen molar-refractivity contribution in [3.8, 4) is 11.5 Å². The van der Waals surface area contributed by atoms with E-state index in [1.165, 1.54) is 18.4 Å². The monoisotopic (exact) mass is 440 g/mol. The van der Waals surface area contributed by atoms with Crippen molar-refractivity contribution in [2.75, 3.05) is 20.3 Å². The molecular weight excluding hydrogens is 416 g/mol. The van der Waals surface area contributed by atoms with Crippen LogP contribution in [0.25, 0.3) is 10.2 Å². The molecule has 0 fully saturated rings. The standard InChI is InChI=1S/C23H24N2O5S/c1-5-12-25-17-10-8-16(22(27)28-4)14-20(17)31-23(25)24-21(26)15-9-11-18(29-6-2)19(13-15)30-7-3/h5,8-11,13-14H,1,6-7,12H2,2-4H3. The first-order valence-electron chi connectivity index (χ1n) is 9.83. The van der Waals surface area contributed by atoms with Crippen LogP contribution in [-0.2, 0) is 11.3 Å². The first kappa shape index (κ1) is 22.3. The summed E-state index contributed by atoms with van der Waals surface area (Å²) in [4.78, 5) is 29.6. The Morgan fingerprint density at radius 1 is 1.06 bits per heavy atom. The van der Waals surface area contributed by atoms with Gasteiger partial charge >= 0.3 is 5.97 Å². The van der Waals surface area contributed by atoms with E-state index in [-0.39, 0.29) is 0 Å². The van der Waals surface area contributed by atoms with Gasteiger partial charge in [0.05, 0.1) is 36.1 Å². The minimum atomic E-state index is -0.419. The third-order valence-corrected chi connectivity index (χ3v) is 5.44. The van der Waals surface area contributed by atoms with Gasteiger partial charge in [0.1, 0.15) is 0 Å². The van der Waals surface area contributed by atoms with E-state index in [4.69, 9.17) is 14.2 Å². The number of esters is 1. The molecule has 0 aliphatic carbocycles. The van der Waals surface area contributed by atoms with Crippen LogP contribution in [0.15, 0.2) is 54.0 Å². The van der Waals surface area contributed by atoms with Crippen LogP contribution in [0.1, 0.15) is 34.6 Å². The number of ether oxygens (including phenoxy) is 3. The normalized spacial score (nSPS) is 11.4. The largest absolute Gasteiger partial charge is 0.490 e. The van der Waals surface area contributed by atoms with Gasteiger partial charge in [-0.25, -0.2) is 4.79 Å². The van der Waals surface area contributed by atoms with Crippen molar-refractivity contribution in [1.82, 2.24) is 4.57 Å². The van der Waals surface area contributed by atoms with E-state index in [0.717, 1.165) is 10.2 Å². The van der Waals surface area contributed by atoms with Crippen molar-refractivity contribution in [3.05, 3.63) is 65.0 Å². The fourth-order valence-electron chi connectivity index (χ4n) is 3.04. The van der Waals surface area contributed by atoms with Crippen molar-refractivity contribution in [1.29, 1.82) is 0 Å². The van der Waals surface area contributed by atoms with E-state index < -0.39 is 11.9 Å². The molecule has 1 amide bonds. The highest BCUT2D eigenvalue weighted by atomic mass is 32.1. The number of allylic oxidation sites excluding steroid dienone is 1. The van der Waals surface area contributed by atoms with Gasteiger partial charge in [-0.3, -0.25) is 4.79 Å². The number of nitrogens with zero attached hydrogens (tertiary/aromatic N) is 2. The smallest absolute Gasteiger partial charge is 0.337 e. The Morgan fingerprint density at radius 3 is 2.45 bits per heavy atom. The Labute approximate surface area is 184 Å². The lowest BCUT2D eigenvalue weighted by Crippen LogP contribution is -2.16. The summed E-state index contributed by atoms with van der Waals surface area (Å²) in [5.41, 5.74) is 1.68. The summed E-state index contributed by atoms with van der Waals surface area (Å²) in [5, 5.41) is 0. The zero-order valence-corrected chi connectivity index (χ0v) is 18.5. The van der Waals surface area contributed by atoms with Gasteiger partial charge in [-0.05, 0) is 50.2 Å². The number of hydrogen-bond acceptors (Lipinski definition) is 6. The van der Waals surface area contributed by atoms with Gasteiger partial charge in [0.2, 0.25) is 0 Å². The zero-order chi connectivity index (χ0) is 22.4. The van der Waals surface area contributed by atoms with Crippen LogP contribution in [0.3, 0.4) is 0 Å². The molecule has 3 aromatic rings. The molecule has 162 valence electrons. The van der Waals surface area contributed by atoms with E-state index >= 15 is 0 Å². The SMILES string of the molecule is C=CCn1c(=NC(=O)c2ccc(OCC)c(OCC)c2)sc2cc(C(=O)OC)ccc21. The fraction of sp³-hybridized carbons (Fsp3) is 0.261. The highest BCUT2D eigenvalue weighted by Crippen LogP contribution is 2.29. The van der Waals surface area contributed by atoms with Crippen LogP contribution >= 0.6 is 11.3 Å². The van der Waals surface area contributed by atoms with Crippen LogP contribution in [0.5, 0.6) is 11.5 Å². The van der Waals surface area contributed by atoms with Crippen LogP contribution in [0.2, 0.25) is 0 Å². The Bertz CT molecular complexity index is 1190. The van der Waals surface area contributed by atoms with E-state index in [9.17, 15) is 9.59 Å². The molecule has 7 nitrogen and oxygen atoms in total. The number of carbonyl (C=O) groups is 2. The summed E-state index contributed by atoms with van der Waals surface area (Å²) < 4.78 is 18.7. The molecule has 8 heteroatoms. The number of carbonyl (C=O) groups excluding carboxylic acids is 2. The summed E-state index contributed by atoms with van der Waals surface area (Å²) in [6.45, 7) is 8.96. The van der Waals surface area contributed by atoms with E-state index in [1.807, 2.05) is 24.5 Å². The highest BCUT2D eigenvalue weighted by Gasteiger charge is 2.14. The first-order valence-corrected chi connectivity index (χ1v) is 10.6. The molecule has 0 aliphatic heterocycles. The molecule has 0 radical (unpaired) electrons. The van der Waals surface area contributed by atoms with Crippen LogP contribution in [-0.4, -0.2) is 36.8 Å². The average molecular weight is 441 g/mol. The van der Waals surface area contributed by atoms with Crippen LogP contribution in [0, 0.1) is 0 Å². The topological polar surface area (TPSA) is 79.1 Å². The summed E-state index contributed by atoms with van der Waals surface area (Å²) in [6, 6.07) is 10.3. The molecule has 0 unspecified atom stereocenters. The molecule has 0 aliphatic rings. The van der Waals surface area contributed by atoms with Gasteiger partial charge in [0.15, 0.2) is 16.3 Å². The lowest BCUT2D eigenvalue weighted by molar-refractivity contribution is 0.0600. The third kappa shape index (κ3) is 4.86. The van der Waals surface area contributed by atoms with Gasteiger partial charge in [-0.2, -0.15) is 4.99 Å². The van der Waals surface area contributed by atoms with Gasteiger partial charge < -0.3 is 18.8 Å². The lowest BCUT2D eigenvalue weighted by Gasteiger charge is -2.11. The van der Waals surface area contributed by atoms with Crippen LogP contribution in [0.4, 0.5) is 0 Å². The molecule has 0 atom stereocenters. The molecule has 3 rings (SSSR count). The maximum atomic E-state index is 12.9. The second-order valence-corrected chi connectivity index (χ2v) is 7.41. The van der Waals surface area contributed by atoms with Gasteiger partial charge in [0.25, 0.3) is 5.91 Å².